The van der Waals surface area contributed by atoms with Crippen molar-refractivity contribution in [3.8, 4) is 10.6 Å². The van der Waals surface area contributed by atoms with E-state index >= 15 is 0 Å². The van der Waals surface area contributed by atoms with Crippen molar-refractivity contribution >= 4 is 38.9 Å². The van der Waals surface area contributed by atoms with E-state index in [-0.39, 0.29) is 4.21 Å². The second-order valence-corrected chi connectivity index (χ2v) is 8.15. The third-order valence-corrected chi connectivity index (χ3v) is 6.30. The number of sulfonamides is 1. The monoisotopic (exact) mass is 349 g/mol. The van der Waals surface area contributed by atoms with E-state index in [4.69, 9.17) is 0 Å². The van der Waals surface area contributed by atoms with Gasteiger partial charge in [0.15, 0.2) is 0 Å². The lowest BCUT2D eigenvalue weighted by molar-refractivity contribution is 0.587. The summed E-state index contributed by atoms with van der Waals surface area (Å²) in [6.45, 7) is 0. The van der Waals surface area contributed by atoms with Crippen LogP contribution >= 0.6 is 22.7 Å². The van der Waals surface area contributed by atoms with Gasteiger partial charge in [0.05, 0.1) is 16.8 Å². The summed E-state index contributed by atoms with van der Waals surface area (Å²) in [6, 6.07) is 12.5. The van der Waals surface area contributed by atoms with Gasteiger partial charge in [-0.05, 0) is 35.7 Å². The van der Waals surface area contributed by atoms with Gasteiger partial charge in [-0.3, -0.25) is 4.98 Å². The summed E-state index contributed by atoms with van der Waals surface area (Å²) >= 11 is 2.64. The Bertz CT molecular complexity index is 869. The molecule has 0 aliphatic carbocycles. The van der Waals surface area contributed by atoms with Gasteiger partial charge in [0, 0.05) is 11.1 Å². The Labute approximate surface area is 136 Å². The van der Waals surface area contributed by atoms with Crippen molar-refractivity contribution in [3.05, 3.63) is 58.9 Å². The zero-order chi connectivity index (χ0) is 15.4. The molecule has 3 rings (SSSR count). The summed E-state index contributed by atoms with van der Waals surface area (Å²) in [6.07, 6.45) is 3.16. The van der Waals surface area contributed by atoms with E-state index in [1.54, 1.807) is 18.3 Å². The first-order valence-corrected chi connectivity index (χ1v) is 9.43. The lowest BCUT2D eigenvalue weighted by Gasteiger charge is -1.99. The summed E-state index contributed by atoms with van der Waals surface area (Å²) < 4.78 is 24.6. The molecule has 3 aromatic heterocycles. The first-order chi connectivity index (χ1) is 10.6. The van der Waals surface area contributed by atoms with Crippen LogP contribution in [0.4, 0.5) is 0 Å². The summed E-state index contributed by atoms with van der Waals surface area (Å²) in [5.74, 6) is 0. The number of thiophene rings is 2. The van der Waals surface area contributed by atoms with Crippen LogP contribution in [0, 0.1) is 0 Å². The van der Waals surface area contributed by atoms with Crippen molar-refractivity contribution in [2.75, 3.05) is 0 Å². The maximum Gasteiger partial charge on any atom is 0.286 e. The van der Waals surface area contributed by atoms with Gasteiger partial charge < -0.3 is 0 Å². The maximum atomic E-state index is 12.2. The van der Waals surface area contributed by atoms with Crippen molar-refractivity contribution < 1.29 is 8.42 Å². The molecule has 0 unspecified atom stereocenters. The third kappa shape index (κ3) is 3.41. The topological polar surface area (TPSA) is 71.4 Å². The highest BCUT2D eigenvalue weighted by molar-refractivity contribution is 7.91. The molecule has 0 saturated carbocycles. The molecule has 0 saturated heterocycles. The van der Waals surface area contributed by atoms with Crippen molar-refractivity contribution in [2.45, 2.75) is 4.21 Å². The van der Waals surface area contributed by atoms with Crippen LogP contribution in [-0.4, -0.2) is 19.6 Å². The van der Waals surface area contributed by atoms with E-state index in [0.29, 0.717) is 0 Å². The average molecular weight is 349 g/mol. The van der Waals surface area contributed by atoms with E-state index in [1.165, 1.54) is 17.6 Å². The molecule has 112 valence electrons. The minimum absolute atomic E-state index is 0.205. The largest absolute Gasteiger partial charge is 0.286 e. The highest BCUT2D eigenvalue weighted by Gasteiger charge is 2.16. The SMILES string of the molecule is O=S(=O)(N/N=C\c1cccs1)c1ccc(-c2ccccn2)s1. The number of hydrogen-bond donors (Lipinski definition) is 1. The Hall–Kier alpha value is -2.03. The molecule has 0 aliphatic heterocycles. The minimum atomic E-state index is -3.65. The van der Waals surface area contributed by atoms with Gasteiger partial charge in [-0.25, -0.2) is 0 Å². The average Bonchev–Trinajstić information content (AvgIpc) is 3.20. The molecule has 3 heterocycles. The van der Waals surface area contributed by atoms with Crippen LogP contribution in [0.15, 0.2) is 63.4 Å². The zero-order valence-corrected chi connectivity index (χ0v) is 13.7. The summed E-state index contributed by atoms with van der Waals surface area (Å²) in [5.41, 5.74) is 0.746. The molecule has 5 nitrogen and oxygen atoms in total. The molecular weight excluding hydrogens is 338 g/mol. The Kier molecular flexibility index (Phi) is 4.32. The zero-order valence-electron chi connectivity index (χ0n) is 11.2. The quantitative estimate of drug-likeness (QED) is 0.568. The number of rotatable bonds is 5. The van der Waals surface area contributed by atoms with Crippen LogP contribution < -0.4 is 4.83 Å². The van der Waals surface area contributed by atoms with Crippen molar-refractivity contribution in [2.24, 2.45) is 5.10 Å². The lowest BCUT2D eigenvalue weighted by atomic mass is 10.3. The fraction of sp³-hybridized carbons (Fsp3) is 0. The lowest BCUT2D eigenvalue weighted by Crippen LogP contribution is -2.16. The number of pyridine rings is 1. The first-order valence-electron chi connectivity index (χ1n) is 6.25. The molecule has 0 amide bonds. The van der Waals surface area contributed by atoms with Crippen LogP contribution in [0.2, 0.25) is 0 Å². The smallest absolute Gasteiger partial charge is 0.255 e. The molecule has 0 spiro atoms. The van der Waals surface area contributed by atoms with Gasteiger partial charge in [-0.1, -0.05) is 12.1 Å². The molecule has 8 heteroatoms. The Balaban J connectivity index is 1.77. The molecule has 0 fully saturated rings. The Morgan fingerprint density at radius 2 is 2.05 bits per heavy atom. The van der Waals surface area contributed by atoms with E-state index in [0.717, 1.165) is 26.8 Å². The second kappa shape index (κ2) is 6.39. The van der Waals surface area contributed by atoms with Crippen LogP contribution in [0.1, 0.15) is 4.88 Å². The van der Waals surface area contributed by atoms with E-state index in [1.807, 2.05) is 35.7 Å². The number of hydrogen-bond acceptors (Lipinski definition) is 6. The summed E-state index contributed by atoms with van der Waals surface area (Å²) in [5, 5.41) is 5.68. The normalized spacial score (nSPS) is 11.8. The van der Waals surface area contributed by atoms with Crippen LogP contribution in [-0.2, 0) is 10.0 Å². The predicted octanol–water partition coefficient (Wildman–Crippen LogP) is 3.18. The number of hydrazone groups is 1. The predicted molar refractivity (Wildman–Crippen MR) is 89.8 cm³/mol. The number of aromatic nitrogens is 1. The highest BCUT2D eigenvalue weighted by Crippen LogP contribution is 2.29. The Morgan fingerprint density at radius 3 is 2.77 bits per heavy atom. The number of nitrogens with one attached hydrogen (secondary N) is 1. The summed E-state index contributed by atoms with van der Waals surface area (Å²) in [7, 11) is -3.65. The number of nitrogens with zero attached hydrogens (tertiary/aromatic N) is 2. The van der Waals surface area contributed by atoms with E-state index in [2.05, 4.69) is 14.9 Å². The van der Waals surface area contributed by atoms with Gasteiger partial charge in [0.1, 0.15) is 4.21 Å². The highest BCUT2D eigenvalue weighted by atomic mass is 32.2. The van der Waals surface area contributed by atoms with E-state index in [9.17, 15) is 8.42 Å². The molecular formula is C14H11N3O2S3. The molecule has 1 N–H and O–H groups in total. The van der Waals surface area contributed by atoms with Gasteiger partial charge in [-0.2, -0.15) is 18.4 Å². The molecule has 0 atom stereocenters. The molecule has 0 bridgehead atoms. The van der Waals surface area contributed by atoms with Crippen LogP contribution in [0.25, 0.3) is 10.6 Å². The van der Waals surface area contributed by atoms with Gasteiger partial charge in [0.2, 0.25) is 0 Å². The maximum absolute atomic E-state index is 12.2. The van der Waals surface area contributed by atoms with Crippen molar-refractivity contribution in [3.63, 3.8) is 0 Å². The second-order valence-electron chi connectivity index (χ2n) is 4.20. The standard InChI is InChI=1S/C14H11N3O2S3/c18-22(19,17-16-10-11-4-3-9-20-11)14-7-6-13(21-14)12-5-1-2-8-15-12/h1-10,17H/b16-10-. The van der Waals surface area contributed by atoms with Gasteiger partial charge in [-0.15, -0.1) is 22.7 Å². The fourth-order valence-corrected chi connectivity index (χ4v) is 4.33. The van der Waals surface area contributed by atoms with Crippen LogP contribution in [0.3, 0.4) is 0 Å². The third-order valence-electron chi connectivity index (χ3n) is 2.67. The molecule has 0 radical (unpaired) electrons. The first kappa shape index (κ1) is 14.9. The van der Waals surface area contributed by atoms with Gasteiger partial charge >= 0.3 is 0 Å². The van der Waals surface area contributed by atoms with Crippen molar-refractivity contribution in [1.29, 1.82) is 0 Å². The van der Waals surface area contributed by atoms with E-state index < -0.39 is 10.0 Å². The minimum Gasteiger partial charge on any atom is -0.255 e. The van der Waals surface area contributed by atoms with Gasteiger partial charge in [0.25, 0.3) is 10.0 Å². The molecule has 0 aromatic carbocycles. The summed E-state index contributed by atoms with van der Waals surface area (Å²) in [4.78, 5) is 8.10. The molecule has 22 heavy (non-hydrogen) atoms. The van der Waals surface area contributed by atoms with Crippen molar-refractivity contribution in [1.82, 2.24) is 9.82 Å². The molecule has 0 aliphatic rings. The Morgan fingerprint density at radius 1 is 1.14 bits per heavy atom. The molecule has 3 aromatic rings. The fourth-order valence-electron chi connectivity index (χ4n) is 1.68. The van der Waals surface area contributed by atoms with Crippen LogP contribution in [0.5, 0.6) is 0 Å².